The summed E-state index contributed by atoms with van der Waals surface area (Å²) < 4.78 is 27.8. The Balaban J connectivity index is 2.00. The van der Waals surface area contributed by atoms with E-state index in [4.69, 9.17) is 15.4 Å². The number of hydrogen-bond donors (Lipinski definition) is 0. The van der Waals surface area contributed by atoms with Gasteiger partial charge in [-0.05, 0) is 41.8 Å². The van der Waals surface area contributed by atoms with Crippen molar-refractivity contribution in [3.63, 3.8) is 0 Å². The minimum atomic E-state index is -3.68. The van der Waals surface area contributed by atoms with E-state index >= 15 is 0 Å². The molecule has 0 radical (unpaired) electrons. The number of hydrogen-bond acceptors (Lipinski definition) is 3. The largest absolute Gasteiger partial charge is 0.489 e. The summed E-state index contributed by atoms with van der Waals surface area (Å²) in [5.41, 5.74) is 2.35. The van der Waals surface area contributed by atoms with Gasteiger partial charge in [0.2, 0.25) is 0 Å². The average molecular weight is 311 g/mol. The predicted molar refractivity (Wildman–Crippen MR) is 79.6 cm³/mol. The van der Waals surface area contributed by atoms with E-state index in [-0.39, 0.29) is 4.90 Å². The van der Waals surface area contributed by atoms with Crippen LogP contribution in [0.2, 0.25) is 0 Å². The number of rotatable bonds is 5. The van der Waals surface area contributed by atoms with E-state index in [9.17, 15) is 8.42 Å². The first-order chi connectivity index (χ1) is 9.49. The van der Waals surface area contributed by atoms with Crippen LogP contribution in [0.1, 0.15) is 18.1 Å². The number of aryl methyl sites for hydroxylation is 1. The summed E-state index contributed by atoms with van der Waals surface area (Å²) in [4.78, 5) is 0.0683. The minimum Gasteiger partial charge on any atom is -0.489 e. The van der Waals surface area contributed by atoms with Crippen LogP contribution in [0.15, 0.2) is 53.4 Å². The maximum atomic E-state index is 11.1. The summed E-state index contributed by atoms with van der Waals surface area (Å²) in [5, 5.41) is 0. The highest BCUT2D eigenvalue weighted by molar-refractivity contribution is 8.13. The summed E-state index contributed by atoms with van der Waals surface area (Å²) in [7, 11) is 1.57. The van der Waals surface area contributed by atoms with Gasteiger partial charge in [-0.1, -0.05) is 31.2 Å². The van der Waals surface area contributed by atoms with Gasteiger partial charge in [0.25, 0.3) is 9.05 Å². The van der Waals surface area contributed by atoms with Crippen LogP contribution in [0.5, 0.6) is 5.75 Å². The van der Waals surface area contributed by atoms with Crippen molar-refractivity contribution in [3.05, 3.63) is 59.7 Å². The van der Waals surface area contributed by atoms with Crippen LogP contribution < -0.4 is 4.74 Å². The standard InChI is InChI=1S/C15H15ClO3S/c1-2-12-3-5-13(6-4-12)11-19-14-7-9-15(10-8-14)20(16,17)18/h3-10H,2,11H2,1H3. The van der Waals surface area contributed by atoms with Crippen LogP contribution in [0.25, 0.3) is 0 Å². The van der Waals surface area contributed by atoms with Crippen molar-refractivity contribution >= 4 is 19.7 Å². The molecular formula is C15H15ClO3S. The zero-order chi connectivity index (χ0) is 14.6. The molecule has 0 heterocycles. The van der Waals surface area contributed by atoms with Crippen LogP contribution in [0, 0.1) is 0 Å². The molecule has 20 heavy (non-hydrogen) atoms. The van der Waals surface area contributed by atoms with Crippen molar-refractivity contribution in [1.82, 2.24) is 0 Å². The van der Waals surface area contributed by atoms with Crippen molar-refractivity contribution < 1.29 is 13.2 Å². The van der Waals surface area contributed by atoms with Crippen molar-refractivity contribution in [2.24, 2.45) is 0 Å². The molecule has 0 aliphatic carbocycles. The lowest BCUT2D eigenvalue weighted by atomic mass is 10.1. The van der Waals surface area contributed by atoms with Crippen molar-refractivity contribution in [2.75, 3.05) is 0 Å². The Kier molecular flexibility index (Phi) is 4.68. The Hall–Kier alpha value is -1.52. The summed E-state index contributed by atoms with van der Waals surface area (Å²) >= 11 is 0. The highest BCUT2D eigenvalue weighted by Crippen LogP contribution is 2.20. The molecular weight excluding hydrogens is 296 g/mol. The van der Waals surface area contributed by atoms with Gasteiger partial charge in [-0.15, -0.1) is 0 Å². The lowest BCUT2D eigenvalue weighted by Crippen LogP contribution is -1.96. The second kappa shape index (κ2) is 6.29. The lowest BCUT2D eigenvalue weighted by Gasteiger charge is -2.07. The highest BCUT2D eigenvalue weighted by atomic mass is 35.7. The van der Waals surface area contributed by atoms with Gasteiger partial charge >= 0.3 is 0 Å². The molecule has 0 bridgehead atoms. The van der Waals surface area contributed by atoms with E-state index in [1.807, 2.05) is 12.1 Å². The summed E-state index contributed by atoms with van der Waals surface area (Å²) in [6, 6.07) is 14.2. The van der Waals surface area contributed by atoms with E-state index in [0.717, 1.165) is 12.0 Å². The molecule has 0 aromatic heterocycles. The first-order valence-corrected chi connectivity index (χ1v) is 8.55. The fourth-order valence-corrected chi connectivity index (χ4v) is 2.51. The fourth-order valence-electron chi connectivity index (χ4n) is 1.74. The van der Waals surface area contributed by atoms with Crippen molar-refractivity contribution in [2.45, 2.75) is 24.8 Å². The van der Waals surface area contributed by atoms with Gasteiger partial charge < -0.3 is 4.74 Å². The van der Waals surface area contributed by atoms with Crippen LogP contribution in [0.4, 0.5) is 0 Å². The van der Waals surface area contributed by atoms with Gasteiger partial charge in [-0.2, -0.15) is 0 Å². The first-order valence-electron chi connectivity index (χ1n) is 6.24. The second-order valence-electron chi connectivity index (χ2n) is 4.37. The van der Waals surface area contributed by atoms with Gasteiger partial charge in [0.1, 0.15) is 12.4 Å². The van der Waals surface area contributed by atoms with Gasteiger partial charge in [-0.25, -0.2) is 8.42 Å². The van der Waals surface area contributed by atoms with Crippen LogP contribution in [0.3, 0.4) is 0 Å². The van der Waals surface area contributed by atoms with Crippen LogP contribution in [-0.4, -0.2) is 8.42 Å². The van der Waals surface area contributed by atoms with Crippen LogP contribution in [-0.2, 0) is 22.1 Å². The van der Waals surface area contributed by atoms with Gasteiger partial charge in [-0.3, -0.25) is 0 Å². The second-order valence-corrected chi connectivity index (χ2v) is 6.93. The zero-order valence-corrected chi connectivity index (χ0v) is 12.6. The molecule has 0 saturated carbocycles. The fraction of sp³-hybridized carbons (Fsp3) is 0.200. The molecule has 0 aliphatic heterocycles. The zero-order valence-electron chi connectivity index (χ0n) is 11.0. The maximum Gasteiger partial charge on any atom is 0.261 e. The molecule has 0 atom stereocenters. The Labute approximate surface area is 123 Å². The Morgan fingerprint density at radius 2 is 1.50 bits per heavy atom. The minimum absolute atomic E-state index is 0.0683. The SMILES string of the molecule is CCc1ccc(COc2ccc(S(=O)(=O)Cl)cc2)cc1. The third-order valence-electron chi connectivity index (χ3n) is 2.94. The Bertz CT molecular complexity index is 661. The number of ether oxygens (including phenoxy) is 1. The lowest BCUT2D eigenvalue weighted by molar-refractivity contribution is 0.306. The molecule has 0 aliphatic rings. The molecule has 0 saturated heterocycles. The summed E-state index contributed by atoms with van der Waals surface area (Å²) in [6.07, 6.45) is 1.01. The predicted octanol–water partition coefficient (Wildman–Crippen LogP) is 3.76. The van der Waals surface area contributed by atoms with Crippen LogP contribution >= 0.6 is 10.7 Å². The van der Waals surface area contributed by atoms with E-state index in [1.54, 1.807) is 12.1 Å². The molecule has 0 fully saturated rings. The maximum absolute atomic E-state index is 11.1. The molecule has 2 aromatic rings. The molecule has 0 spiro atoms. The Morgan fingerprint density at radius 3 is 2.00 bits per heavy atom. The van der Waals surface area contributed by atoms with Crippen molar-refractivity contribution in [1.29, 1.82) is 0 Å². The number of benzene rings is 2. The molecule has 3 nitrogen and oxygen atoms in total. The molecule has 106 valence electrons. The van der Waals surface area contributed by atoms with Gasteiger partial charge in [0.15, 0.2) is 0 Å². The van der Waals surface area contributed by atoms with Gasteiger partial charge in [0.05, 0.1) is 4.90 Å². The van der Waals surface area contributed by atoms with E-state index < -0.39 is 9.05 Å². The molecule has 0 amide bonds. The molecule has 0 unspecified atom stereocenters. The topological polar surface area (TPSA) is 43.4 Å². The summed E-state index contributed by atoms with van der Waals surface area (Å²) in [6.45, 7) is 2.55. The summed E-state index contributed by atoms with van der Waals surface area (Å²) in [5.74, 6) is 0.605. The quantitative estimate of drug-likeness (QED) is 0.790. The Morgan fingerprint density at radius 1 is 0.950 bits per heavy atom. The van der Waals surface area contributed by atoms with E-state index in [0.29, 0.717) is 12.4 Å². The third kappa shape index (κ3) is 3.99. The molecule has 2 aromatic carbocycles. The third-order valence-corrected chi connectivity index (χ3v) is 4.31. The smallest absolute Gasteiger partial charge is 0.261 e. The van der Waals surface area contributed by atoms with E-state index in [1.165, 1.54) is 17.7 Å². The van der Waals surface area contributed by atoms with E-state index in [2.05, 4.69) is 19.1 Å². The van der Waals surface area contributed by atoms with Crippen molar-refractivity contribution in [3.8, 4) is 5.75 Å². The molecule has 5 heteroatoms. The first kappa shape index (κ1) is 14.9. The number of halogens is 1. The molecule has 2 rings (SSSR count). The average Bonchev–Trinajstić information content (AvgIpc) is 2.45. The normalized spacial score (nSPS) is 11.3. The highest BCUT2D eigenvalue weighted by Gasteiger charge is 2.09. The monoisotopic (exact) mass is 310 g/mol. The molecule has 0 N–H and O–H groups in total. The van der Waals surface area contributed by atoms with Gasteiger partial charge in [0, 0.05) is 10.7 Å².